The van der Waals surface area contributed by atoms with Crippen LogP contribution in [0.15, 0.2) is 0 Å². The zero-order valence-electron chi connectivity index (χ0n) is 9.24. The third-order valence-electron chi connectivity index (χ3n) is 2.74. The van der Waals surface area contributed by atoms with E-state index in [2.05, 4.69) is 11.8 Å². The summed E-state index contributed by atoms with van der Waals surface area (Å²) in [6.45, 7) is 6.51. The van der Waals surface area contributed by atoms with Gasteiger partial charge < -0.3 is 15.2 Å². The van der Waals surface area contributed by atoms with Crippen LogP contribution in [0.4, 0.5) is 0 Å². The molecule has 84 valence electrons. The third-order valence-corrected chi connectivity index (χ3v) is 2.74. The second-order valence-corrected chi connectivity index (χ2v) is 3.75. The van der Waals surface area contributed by atoms with Crippen molar-refractivity contribution in [3.05, 3.63) is 0 Å². The highest BCUT2D eigenvalue weighted by atomic mass is 16.5. The molecule has 0 aromatic rings. The summed E-state index contributed by atoms with van der Waals surface area (Å²) in [6.07, 6.45) is 1.63. The van der Waals surface area contributed by atoms with Crippen LogP contribution in [0.25, 0.3) is 0 Å². The Hall–Kier alpha value is -0.160. The van der Waals surface area contributed by atoms with Gasteiger partial charge in [-0.15, -0.1) is 0 Å². The predicted octanol–water partition coefficient (Wildman–Crippen LogP) is 0.0709. The van der Waals surface area contributed by atoms with Crippen LogP contribution in [-0.2, 0) is 9.47 Å². The molecule has 1 aliphatic heterocycles. The predicted molar refractivity (Wildman–Crippen MR) is 56.3 cm³/mol. The average molecular weight is 202 g/mol. The number of ether oxygens (including phenoxy) is 2. The van der Waals surface area contributed by atoms with Gasteiger partial charge in [0, 0.05) is 33.3 Å². The second-order valence-electron chi connectivity index (χ2n) is 3.75. The largest absolute Gasteiger partial charge is 0.379 e. The van der Waals surface area contributed by atoms with Crippen LogP contribution in [0.5, 0.6) is 0 Å². The topological polar surface area (TPSA) is 47.7 Å². The van der Waals surface area contributed by atoms with Gasteiger partial charge in [0.1, 0.15) is 0 Å². The van der Waals surface area contributed by atoms with Gasteiger partial charge in [0.05, 0.1) is 18.8 Å². The van der Waals surface area contributed by atoms with Crippen LogP contribution in [0.1, 0.15) is 13.3 Å². The fraction of sp³-hybridized carbons (Fsp3) is 1.00. The minimum atomic E-state index is 0.158. The lowest BCUT2D eigenvalue weighted by Crippen LogP contribution is -2.47. The Morgan fingerprint density at radius 1 is 1.64 bits per heavy atom. The minimum absolute atomic E-state index is 0.158. The SMILES string of the molecule is CCC1CN(CC(CN)OC)CCO1. The molecule has 0 amide bonds. The number of hydrogen-bond acceptors (Lipinski definition) is 4. The summed E-state index contributed by atoms with van der Waals surface area (Å²) in [4.78, 5) is 2.37. The Bertz CT molecular complexity index is 151. The molecule has 2 unspecified atom stereocenters. The Morgan fingerprint density at radius 2 is 2.43 bits per heavy atom. The van der Waals surface area contributed by atoms with Crippen LogP contribution in [0, 0.1) is 0 Å². The van der Waals surface area contributed by atoms with Crippen molar-refractivity contribution in [1.29, 1.82) is 0 Å². The molecule has 1 heterocycles. The van der Waals surface area contributed by atoms with E-state index in [-0.39, 0.29) is 6.10 Å². The maximum atomic E-state index is 5.59. The van der Waals surface area contributed by atoms with E-state index in [4.69, 9.17) is 15.2 Å². The van der Waals surface area contributed by atoms with Gasteiger partial charge in [-0.3, -0.25) is 4.90 Å². The summed E-state index contributed by atoms with van der Waals surface area (Å²) in [5, 5.41) is 0. The van der Waals surface area contributed by atoms with Gasteiger partial charge in [-0.05, 0) is 6.42 Å². The molecule has 1 aliphatic rings. The van der Waals surface area contributed by atoms with Crippen molar-refractivity contribution in [1.82, 2.24) is 4.90 Å². The Balaban J connectivity index is 2.29. The molecule has 2 N–H and O–H groups in total. The van der Waals surface area contributed by atoms with Crippen LogP contribution in [-0.4, -0.2) is 57.0 Å². The highest BCUT2D eigenvalue weighted by Crippen LogP contribution is 2.08. The highest BCUT2D eigenvalue weighted by Gasteiger charge is 2.20. The molecule has 0 saturated carbocycles. The number of morpholine rings is 1. The van der Waals surface area contributed by atoms with Crippen molar-refractivity contribution in [2.75, 3.05) is 39.9 Å². The van der Waals surface area contributed by atoms with Gasteiger partial charge in [-0.25, -0.2) is 0 Å². The van der Waals surface area contributed by atoms with Crippen LogP contribution < -0.4 is 5.73 Å². The van der Waals surface area contributed by atoms with Gasteiger partial charge >= 0.3 is 0 Å². The van der Waals surface area contributed by atoms with E-state index in [1.165, 1.54) is 0 Å². The zero-order chi connectivity index (χ0) is 10.4. The fourth-order valence-corrected chi connectivity index (χ4v) is 1.73. The summed E-state index contributed by atoms with van der Waals surface area (Å²) in [5.74, 6) is 0. The molecule has 0 radical (unpaired) electrons. The fourth-order valence-electron chi connectivity index (χ4n) is 1.73. The summed E-state index contributed by atoms with van der Waals surface area (Å²) in [6, 6.07) is 0. The Labute approximate surface area is 86.3 Å². The maximum Gasteiger partial charge on any atom is 0.0820 e. The Kier molecular flexibility index (Phi) is 5.40. The molecule has 0 spiro atoms. The van der Waals surface area contributed by atoms with Crippen LogP contribution in [0.2, 0.25) is 0 Å². The summed E-state index contributed by atoms with van der Waals surface area (Å²) >= 11 is 0. The Morgan fingerprint density at radius 3 is 3.00 bits per heavy atom. The van der Waals surface area contributed by atoms with Crippen molar-refractivity contribution in [2.24, 2.45) is 5.73 Å². The van der Waals surface area contributed by atoms with E-state index in [0.29, 0.717) is 12.6 Å². The van der Waals surface area contributed by atoms with Gasteiger partial charge in [0.15, 0.2) is 0 Å². The van der Waals surface area contributed by atoms with Crippen molar-refractivity contribution in [3.8, 4) is 0 Å². The van der Waals surface area contributed by atoms with Gasteiger partial charge in [0.2, 0.25) is 0 Å². The summed E-state index contributed by atoms with van der Waals surface area (Å²) < 4.78 is 10.9. The molecule has 2 atom stereocenters. The van der Waals surface area contributed by atoms with Gasteiger partial charge in [-0.1, -0.05) is 6.92 Å². The first kappa shape index (κ1) is 11.9. The molecule has 0 aromatic heterocycles. The van der Waals surface area contributed by atoms with Crippen molar-refractivity contribution in [2.45, 2.75) is 25.6 Å². The normalized spacial score (nSPS) is 26.4. The zero-order valence-corrected chi connectivity index (χ0v) is 9.24. The van der Waals surface area contributed by atoms with Gasteiger partial charge in [-0.2, -0.15) is 0 Å². The highest BCUT2D eigenvalue weighted by molar-refractivity contribution is 4.73. The monoisotopic (exact) mass is 202 g/mol. The van der Waals surface area contributed by atoms with E-state index in [0.717, 1.165) is 32.7 Å². The lowest BCUT2D eigenvalue weighted by atomic mass is 10.2. The average Bonchev–Trinajstić information content (AvgIpc) is 2.26. The van der Waals surface area contributed by atoms with E-state index >= 15 is 0 Å². The number of rotatable bonds is 5. The molecule has 1 fully saturated rings. The molecule has 1 rings (SSSR count). The van der Waals surface area contributed by atoms with Crippen molar-refractivity contribution < 1.29 is 9.47 Å². The molecule has 0 aromatic carbocycles. The van der Waals surface area contributed by atoms with E-state index < -0.39 is 0 Å². The number of nitrogens with two attached hydrogens (primary N) is 1. The lowest BCUT2D eigenvalue weighted by Gasteiger charge is -2.34. The number of hydrogen-bond donors (Lipinski definition) is 1. The van der Waals surface area contributed by atoms with E-state index in [9.17, 15) is 0 Å². The summed E-state index contributed by atoms with van der Waals surface area (Å²) in [5.41, 5.74) is 5.58. The molecular weight excluding hydrogens is 180 g/mol. The number of methoxy groups -OCH3 is 1. The standard InChI is InChI=1S/C10H22N2O2/c1-3-9-7-12(4-5-14-9)8-10(6-11)13-2/h9-10H,3-8,11H2,1-2H3. The molecule has 0 aliphatic carbocycles. The third kappa shape index (κ3) is 3.53. The second kappa shape index (κ2) is 6.35. The maximum absolute atomic E-state index is 5.59. The molecule has 4 heteroatoms. The molecule has 4 nitrogen and oxygen atoms in total. The van der Waals surface area contributed by atoms with Crippen LogP contribution >= 0.6 is 0 Å². The molecular formula is C10H22N2O2. The van der Waals surface area contributed by atoms with E-state index in [1.807, 2.05) is 0 Å². The molecule has 0 bridgehead atoms. The van der Waals surface area contributed by atoms with E-state index in [1.54, 1.807) is 7.11 Å². The molecule has 14 heavy (non-hydrogen) atoms. The first-order chi connectivity index (χ1) is 6.80. The quantitative estimate of drug-likeness (QED) is 0.685. The number of nitrogens with zero attached hydrogens (tertiary/aromatic N) is 1. The lowest BCUT2D eigenvalue weighted by molar-refractivity contribution is -0.0449. The first-order valence-electron chi connectivity index (χ1n) is 5.37. The smallest absolute Gasteiger partial charge is 0.0820 e. The summed E-state index contributed by atoms with van der Waals surface area (Å²) in [7, 11) is 1.72. The minimum Gasteiger partial charge on any atom is -0.379 e. The van der Waals surface area contributed by atoms with Crippen molar-refractivity contribution >= 4 is 0 Å². The first-order valence-corrected chi connectivity index (χ1v) is 5.37. The molecule has 1 saturated heterocycles. The van der Waals surface area contributed by atoms with Crippen LogP contribution in [0.3, 0.4) is 0 Å². The van der Waals surface area contributed by atoms with Gasteiger partial charge in [0.25, 0.3) is 0 Å². The van der Waals surface area contributed by atoms with Crippen molar-refractivity contribution in [3.63, 3.8) is 0 Å².